The fraction of sp³-hybridized carbons (Fsp3) is 0.300. The van der Waals surface area contributed by atoms with Gasteiger partial charge in [0.2, 0.25) is 5.91 Å². The number of nitrogen functional groups attached to an aromatic ring is 1. The second-order valence-corrected chi connectivity index (χ2v) is 6.68. The van der Waals surface area contributed by atoms with Crippen molar-refractivity contribution in [2.45, 2.75) is 25.9 Å². The molecule has 1 aliphatic rings. The molecule has 0 atom stereocenters. The normalized spacial score (nSPS) is 14.3. The van der Waals surface area contributed by atoms with Crippen LogP contribution < -0.4 is 11.1 Å². The van der Waals surface area contributed by atoms with Gasteiger partial charge in [-0.15, -0.1) is 0 Å². The standard InChI is InChI=1S/C20H22N4O2/c21-20-23-17-11-14(5-6-18(17)26-20)12-22-19(25)8-10-24-9-7-15-3-1-2-4-16(15)13-24/h1-6,11H,7-10,12-13H2,(H2,21,23)(H,22,25). The third kappa shape index (κ3) is 3.70. The summed E-state index contributed by atoms with van der Waals surface area (Å²) in [7, 11) is 0. The van der Waals surface area contributed by atoms with E-state index in [0.717, 1.165) is 31.6 Å². The summed E-state index contributed by atoms with van der Waals surface area (Å²) in [6.07, 6.45) is 1.56. The first-order valence-electron chi connectivity index (χ1n) is 8.88. The van der Waals surface area contributed by atoms with Crippen LogP contribution in [0.1, 0.15) is 23.1 Å². The van der Waals surface area contributed by atoms with Crippen molar-refractivity contribution in [1.29, 1.82) is 0 Å². The van der Waals surface area contributed by atoms with Crippen molar-refractivity contribution in [3.05, 3.63) is 59.2 Å². The Balaban J connectivity index is 1.26. The van der Waals surface area contributed by atoms with Crippen molar-refractivity contribution < 1.29 is 9.21 Å². The molecule has 0 radical (unpaired) electrons. The number of nitrogens with two attached hydrogens (primary N) is 1. The quantitative estimate of drug-likeness (QED) is 0.738. The van der Waals surface area contributed by atoms with Gasteiger partial charge in [-0.25, -0.2) is 0 Å². The SMILES string of the molecule is Nc1nc2cc(CNC(=O)CCN3CCc4ccccc4C3)ccc2o1. The van der Waals surface area contributed by atoms with E-state index in [-0.39, 0.29) is 11.9 Å². The van der Waals surface area contributed by atoms with Crippen LogP contribution in [0.15, 0.2) is 46.9 Å². The van der Waals surface area contributed by atoms with Gasteiger partial charge in [0.25, 0.3) is 6.01 Å². The second-order valence-electron chi connectivity index (χ2n) is 6.68. The van der Waals surface area contributed by atoms with Gasteiger partial charge in [-0.2, -0.15) is 4.98 Å². The third-order valence-electron chi connectivity index (χ3n) is 4.82. The molecular weight excluding hydrogens is 328 g/mol. The number of carbonyl (C=O) groups is 1. The number of hydrogen-bond acceptors (Lipinski definition) is 5. The molecule has 4 rings (SSSR count). The van der Waals surface area contributed by atoms with E-state index in [1.165, 1.54) is 11.1 Å². The second kappa shape index (κ2) is 7.17. The largest absolute Gasteiger partial charge is 0.424 e. The van der Waals surface area contributed by atoms with Crippen LogP contribution in [-0.4, -0.2) is 28.9 Å². The van der Waals surface area contributed by atoms with E-state index in [0.29, 0.717) is 24.1 Å². The van der Waals surface area contributed by atoms with E-state index in [1.807, 2.05) is 18.2 Å². The summed E-state index contributed by atoms with van der Waals surface area (Å²) in [5.41, 5.74) is 10.7. The summed E-state index contributed by atoms with van der Waals surface area (Å²) in [5, 5.41) is 2.97. The van der Waals surface area contributed by atoms with Crippen LogP contribution in [0, 0.1) is 0 Å². The Morgan fingerprint density at radius 3 is 2.96 bits per heavy atom. The Morgan fingerprint density at radius 2 is 2.08 bits per heavy atom. The van der Waals surface area contributed by atoms with E-state index < -0.39 is 0 Å². The number of anilines is 1. The molecule has 6 heteroatoms. The van der Waals surface area contributed by atoms with Gasteiger partial charge in [-0.1, -0.05) is 30.3 Å². The van der Waals surface area contributed by atoms with Crippen LogP contribution in [-0.2, 0) is 24.3 Å². The number of fused-ring (bicyclic) bond motifs is 2. The highest BCUT2D eigenvalue weighted by Crippen LogP contribution is 2.19. The van der Waals surface area contributed by atoms with E-state index >= 15 is 0 Å². The van der Waals surface area contributed by atoms with Gasteiger partial charge in [0, 0.05) is 32.6 Å². The lowest BCUT2D eigenvalue weighted by Gasteiger charge is -2.28. The minimum atomic E-state index is 0.0589. The third-order valence-corrected chi connectivity index (χ3v) is 4.82. The zero-order valence-electron chi connectivity index (χ0n) is 14.6. The number of hydrogen-bond donors (Lipinski definition) is 2. The van der Waals surface area contributed by atoms with Gasteiger partial charge >= 0.3 is 0 Å². The molecule has 134 valence electrons. The summed E-state index contributed by atoms with van der Waals surface area (Å²) >= 11 is 0. The zero-order valence-corrected chi connectivity index (χ0v) is 14.6. The van der Waals surface area contributed by atoms with Gasteiger partial charge in [0.05, 0.1) is 0 Å². The molecular formula is C20H22N4O2. The molecule has 0 aliphatic carbocycles. The number of rotatable bonds is 5. The minimum Gasteiger partial charge on any atom is -0.424 e. The number of carbonyl (C=O) groups excluding carboxylic acids is 1. The monoisotopic (exact) mass is 350 g/mol. The fourth-order valence-corrected chi connectivity index (χ4v) is 3.39. The van der Waals surface area contributed by atoms with Crippen molar-refractivity contribution in [2.24, 2.45) is 0 Å². The molecule has 0 saturated carbocycles. The summed E-state index contributed by atoms with van der Waals surface area (Å²) in [6.45, 7) is 3.19. The molecule has 0 saturated heterocycles. The van der Waals surface area contributed by atoms with Crippen LogP contribution in [0.4, 0.5) is 6.01 Å². The predicted octanol–water partition coefficient (Wildman–Crippen LogP) is 2.47. The Bertz CT molecular complexity index is 934. The van der Waals surface area contributed by atoms with Crippen LogP contribution in [0.2, 0.25) is 0 Å². The number of benzene rings is 2. The predicted molar refractivity (Wildman–Crippen MR) is 100 cm³/mol. The van der Waals surface area contributed by atoms with Crippen LogP contribution >= 0.6 is 0 Å². The van der Waals surface area contributed by atoms with Gasteiger partial charge < -0.3 is 15.5 Å². The summed E-state index contributed by atoms with van der Waals surface area (Å²) in [6, 6.07) is 14.3. The van der Waals surface area contributed by atoms with Gasteiger partial charge in [-0.3, -0.25) is 9.69 Å². The molecule has 1 aromatic heterocycles. The first-order chi connectivity index (χ1) is 12.7. The van der Waals surface area contributed by atoms with Crippen molar-refractivity contribution in [1.82, 2.24) is 15.2 Å². The first kappa shape index (κ1) is 16.6. The van der Waals surface area contributed by atoms with Crippen molar-refractivity contribution in [3.63, 3.8) is 0 Å². The van der Waals surface area contributed by atoms with E-state index in [4.69, 9.17) is 10.2 Å². The molecule has 3 N–H and O–H groups in total. The molecule has 0 spiro atoms. The highest BCUT2D eigenvalue weighted by Gasteiger charge is 2.16. The maximum absolute atomic E-state index is 12.2. The molecule has 0 bridgehead atoms. The van der Waals surface area contributed by atoms with Crippen LogP contribution in [0.3, 0.4) is 0 Å². The maximum Gasteiger partial charge on any atom is 0.292 e. The zero-order chi connectivity index (χ0) is 17.9. The average molecular weight is 350 g/mol. The first-order valence-corrected chi connectivity index (χ1v) is 8.88. The lowest BCUT2D eigenvalue weighted by molar-refractivity contribution is -0.121. The summed E-state index contributed by atoms with van der Waals surface area (Å²) in [5.74, 6) is 0.0589. The number of amides is 1. The van der Waals surface area contributed by atoms with Crippen molar-refractivity contribution in [2.75, 3.05) is 18.8 Å². The Kier molecular flexibility index (Phi) is 4.58. The summed E-state index contributed by atoms with van der Waals surface area (Å²) in [4.78, 5) is 18.6. The highest BCUT2D eigenvalue weighted by atomic mass is 16.4. The maximum atomic E-state index is 12.2. The summed E-state index contributed by atoms with van der Waals surface area (Å²) < 4.78 is 5.25. The number of nitrogens with zero attached hydrogens (tertiary/aromatic N) is 2. The molecule has 0 fully saturated rings. The average Bonchev–Trinajstić information content (AvgIpc) is 3.03. The topological polar surface area (TPSA) is 84.4 Å². The number of nitrogens with one attached hydrogen (secondary N) is 1. The number of aromatic nitrogens is 1. The van der Waals surface area contributed by atoms with Crippen molar-refractivity contribution in [3.8, 4) is 0 Å². The molecule has 0 unspecified atom stereocenters. The number of oxazole rings is 1. The van der Waals surface area contributed by atoms with Crippen LogP contribution in [0.5, 0.6) is 0 Å². The van der Waals surface area contributed by atoms with E-state index in [1.54, 1.807) is 0 Å². The van der Waals surface area contributed by atoms with Crippen molar-refractivity contribution >= 4 is 23.0 Å². The van der Waals surface area contributed by atoms with Crippen LogP contribution in [0.25, 0.3) is 11.1 Å². The molecule has 6 nitrogen and oxygen atoms in total. The lowest BCUT2D eigenvalue weighted by Crippen LogP contribution is -2.34. The molecule has 3 aromatic rings. The Hall–Kier alpha value is -2.86. The van der Waals surface area contributed by atoms with Gasteiger partial charge in [0.15, 0.2) is 5.58 Å². The van der Waals surface area contributed by atoms with Gasteiger partial charge in [-0.05, 0) is 35.2 Å². The fourth-order valence-electron chi connectivity index (χ4n) is 3.39. The molecule has 2 aromatic carbocycles. The van der Waals surface area contributed by atoms with Gasteiger partial charge in [0.1, 0.15) is 5.52 Å². The molecule has 1 aliphatic heterocycles. The Labute approximate surface area is 152 Å². The molecule has 1 amide bonds. The minimum absolute atomic E-state index is 0.0589. The Morgan fingerprint density at radius 1 is 1.23 bits per heavy atom. The van der Waals surface area contributed by atoms with E-state index in [9.17, 15) is 4.79 Å². The molecule has 2 heterocycles. The van der Waals surface area contributed by atoms with E-state index in [2.05, 4.69) is 39.5 Å². The molecule has 26 heavy (non-hydrogen) atoms. The smallest absolute Gasteiger partial charge is 0.292 e. The highest BCUT2D eigenvalue weighted by molar-refractivity contribution is 5.77. The lowest BCUT2D eigenvalue weighted by atomic mass is 10.00.